The van der Waals surface area contributed by atoms with Gasteiger partial charge in [-0.1, -0.05) is 24.6 Å². The summed E-state index contributed by atoms with van der Waals surface area (Å²) in [5, 5.41) is 9.31. The van der Waals surface area contributed by atoms with Gasteiger partial charge in [0.2, 0.25) is 0 Å². The van der Waals surface area contributed by atoms with E-state index in [4.69, 9.17) is 21.4 Å². The van der Waals surface area contributed by atoms with Crippen LogP contribution in [-0.2, 0) is 11.2 Å². The predicted molar refractivity (Wildman–Crippen MR) is 58.5 cm³/mol. The summed E-state index contributed by atoms with van der Waals surface area (Å²) in [6.45, 7) is 1.66. The summed E-state index contributed by atoms with van der Waals surface area (Å²) in [6.07, 6.45) is 0.429. The summed E-state index contributed by atoms with van der Waals surface area (Å²) in [5.74, 6) is -0.579. The normalized spacial score (nSPS) is 12.2. The van der Waals surface area contributed by atoms with Crippen molar-refractivity contribution in [1.82, 2.24) is 0 Å². The van der Waals surface area contributed by atoms with E-state index >= 15 is 0 Å². The molecule has 0 saturated heterocycles. The van der Waals surface area contributed by atoms with Crippen molar-refractivity contribution in [2.24, 2.45) is 5.92 Å². The van der Waals surface area contributed by atoms with Crippen molar-refractivity contribution in [2.75, 3.05) is 7.11 Å². The maximum absolute atomic E-state index is 10.7. The van der Waals surface area contributed by atoms with Gasteiger partial charge in [-0.3, -0.25) is 4.79 Å². The average Bonchev–Trinajstić information content (AvgIpc) is 2.20. The topological polar surface area (TPSA) is 46.5 Å². The SMILES string of the molecule is COc1ccc(CC(C)C(=O)O)c(Cl)c1. The van der Waals surface area contributed by atoms with Gasteiger partial charge in [0.05, 0.1) is 13.0 Å². The second-order valence-corrected chi connectivity index (χ2v) is 3.81. The van der Waals surface area contributed by atoms with Gasteiger partial charge in [0.1, 0.15) is 5.75 Å². The number of carboxylic acid groups (broad SMARTS) is 1. The van der Waals surface area contributed by atoms with E-state index in [0.29, 0.717) is 17.2 Å². The van der Waals surface area contributed by atoms with Crippen molar-refractivity contribution < 1.29 is 14.6 Å². The van der Waals surface area contributed by atoms with Crippen LogP contribution in [0.3, 0.4) is 0 Å². The van der Waals surface area contributed by atoms with Crippen LogP contribution in [0.4, 0.5) is 0 Å². The van der Waals surface area contributed by atoms with E-state index in [1.165, 1.54) is 0 Å². The smallest absolute Gasteiger partial charge is 0.306 e. The van der Waals surface area contributed by atoms with E-state index in [1.54, 1.807) is 32.2 Å². The molecule has 0 fully saturated rings. The van der Waals surface area contributed by atoms with Crippen molar-refractivity contribution in [2.45, 2.75) is 13.3 Å². The van der Waals surface area contributed by atoms with E-state index in [9.17, 15) is 4.79 Å². The first kappa shape index (κ1) is 11.9. The van der Waals surface area contributed by atoms with Gasteiger partial charge >= 0.3 is 5.97 Å². The number of aliphatic carboxylic acids is 1. The molecule has 0 aliphatic rings. The molecule has 82 valence electrons. The molecule has 0 saturated carbocycles. The Morgan fingerprint density at radius 2 is 2.27 bits per heavy atom. The Kier molecular flexibility index (Phi) is 3.97. The van der Waals surface area contributed by atoms with Crippen molar-refractivity contribution in [3.05, 3.63) is 28.8 Å². The largest absolute Gasteiger partial charge is 0.497 e. The third kappa shape index (κ3) is 3.13. The Morgan fingerprint density at radius 1 is 1.60 bits per heavy atom. The Balaban J connectivity index is 2.82. The average molecular weight is 229 g/mol. The highest BCUT2D eigenvalue weighted by Crippen LogP contribution is 2.24. The zero-order chi connectivity index (χ0) is 11.4. The molecule has 0 heterocycles. The van der Waals surface area contributed by atoms with Gasteiger partial charge in [-0.15, -0.1) is 0 Å². The monoisotopic (exact) mass is 228 g/mol. The molecule has 0 aromatic heterocycles. The third-order valence-corrected chi connectivity index (χ3v) is 2.56. The first-order chi connectivity index (χ1) is 7.04. The molecule has 1 N–H and O–H groups in total. The third-order valence-electron chi connectivity index (χ3n) is 2.21. The molecule has 3 nitrogen and oxygen atoms in total. The summed E-state index contributed by atoms with van der Waals surface area (Å²) in [6, 6.07) is 5.25. The van der Waals surface area contributed by atoms with Gasteiger partial charge in [-0.2, -0.15) is 0 Å². The highest BCUT2D eigenvalue weighted by Gasteiger charge is 2.13. The molecule has 4 heteroatoms. The van der Waals surface area contributed by atoms with E-state index < -0.39 is 11.9 Å². The lowest BCUT2D eigenvalue weighted by Crippen LogP contribution is -2.12. The molecule has 0 radical (unpaired) electrons. The van der Waals surface area contributed by atoms with Crippen LogP contribution in [0.1, 0.15) is 12.5 Å². The van der Waals surface area contributed by atoms with Crippen molar-refractivity contribution in [1.29, 1.82) is 0 Å². The second-order valence-electron chi connectivity index (χ2n) is 3.40. The zero-order valence-corrected chi connectivity index (χ0v) is 9.41. The molecule has 0 aliphatic carbocycles. The number of carboxylic acids is 1. The van der Waals surface area contributed by atoms with E-state index in [0.717, 1.165) is 5.56 Å². The van der Waals surface area contributed by atoms with Crippen LogP contribution < -0.4 is 4.74 Å². The van der Waals surface area contributed by atoms with Gasteiger partial charge in [0, 0.05) is 5.02 Å². The number of hydrogen-bond donors (Lipinski definition) is 1. The number of hydrogen-bond acceptors (Lipinski definition) is 2. The minimum Gasteiger partial charge on any atom is -0.497 e. The highest BCUT2D eigenvalue weighted by molar-refractivity contribution is 6.31. The quantitative estimate of drug-likeness (QED) is 0.862. The van der Waals surface area contributed by atoms with E-state index in [-0.39, 0.29) is 0 Å². The number of methoxy groups -OCH3 is 1. The molecule has 1 rings (SSSR count). The molecular weight excluding hydrogens is 216 g/mol. The van der Waals surface area contributed by atoms with Gasteiger partial charge in [-0.25, -0.2) is 0 Å². The molecular formula is C11H13ClO3. The Morgan fingerprint density at radius 3 is 2.73 bits per heavy atom. The standard InChI is InChI=1S/C11H13ClO3/c1-7(11(13)14)5-8-3-4-9(15-2)6-10(8)12/h3-4,6-7H,5H2,1-2H3,(H,13,14). The Labute approximate surface area is 93.6 Å². The minimum atomic E-state index is -0.818. The lowest BCUT2D eigenvalue weighted by atomic mass is 10.0. The van der Waals surface area contributed by atoms with Crippen LogP contribution in [0.25, 0.3) is 0 Å². The summed E-state index contributed by atoms with van der Waals surface area (Å²) in [5.41, 5.74) is 0.826. The lowest BCUT2D eigenvalue weighted by Gasteiger charge is -2.09. The molecule has 1 unspecified atom stereocenters. The molecule has 0 amide bonds. The van der Waals surface area contributed by atoms with Gasteiger partial charge in [0.15, 0.2) is 0 Å². The Bertz CT molecular complexity index is 363. The number of rotatable bonds is 4. The van der Waals surface area contributed by atoms with Crippen LogP contribution in [0.15, 0.2) is 18.2 Å². The lowest BCUT2D eigenvalue weighted by molar-refractivity contribution is -0.141. The maximum Gasteiger partial charge on any atom is 0.306 e. The zero-order valence-electron chi connectivity index (χ0n) is 8.66. The number of carbonyl (C=O) groups is 1. The van der Waals surface area contributed by atoms with Gasteiger partial charge in [-0.05, 0) is 24.1 Å². The van der Waals surface area contributed by atoms with E-state index in [2.05, 4.69) is 0 Å². The second kappa shape index (κ2) is 5.03. The fourth-order valence-corrected chi connectivity index (χ4v) is 1.49. The number of ether oxygens (including phenoxy) is 1. The fourth-order valence-electron chi connectivity index (χ4n) is 1.24. The highest BCUT2D eigenvalue weighted by atomic mass is 35.5. The molecule has 0 aliphatic heterocycles. The van der Waals surface area contributed by atoms with Crippen molar-refractivity contribution >= 4 is 17.6 Å². The van der Waals surface area contributed by atoms with Crippen LogP contribution >= 0.6 is 11.6 Å². The summed E-state index contributed by atoms with van der Waals surface area (Å²) < 4.78 is 5.00. The predicted octanol–water partition coefficient (Wildman–Crippen LogP) is 2.61. The van der Waals surface area contributed by atoms with E-state index in [1.807, 2.05) is 0 Å². The van der Waals surface area contributed by atoms with Crippen LogP contribution in [0, 0.1) is 5.92 Å². The van der Waals surface area contributed by atoms with Crippen molar-refractivity contribution in [3.8, 4) is 5.75 Å². The summed E-state index contributed by atoms with van der Waals surface area (Å²) in [4.78, 5) is 10.7. The van der Waals surface area contributed by atoms with Crippen LogP contribution in [0.5, 0.6) is 5.75 Å². The molecule has 15 heavy (non-hydrogen) atoms. The molecule has 0 bridgehead atoms. The maximum atomic E-state index is 10.7. The minimum absolute atomic E-state index is 0.429. The van der Waals surface area contributed by atoms with Crippen molar-refractivity contribution in [3.63, 3.8) is 0 Å². The summed E-state index contributed by atoms with van der Waals surface area (Å²) in [7, 11) is 1.56. The summed E-state index contributed by atoms with van der Waals surface area (Å²) >= 11 is 5.98. The fraction of sp³-hybridized carbons (Fsp3) is 0.364. The number of benzene rings is 1. The molecule has 1 aromatic carbocycles. The van der Waals surface area contributed by atoms with Crippen LogP contribution in [-0.4, -0.2) is 18.2 Å². The van der Waals surface area contributed by atoms with Gasteiger partial charge in [0.25, 0.3) is 0 Å². The molecule has 0 spiro atoms. The Hall–Kier alpha value is -1.22. The number of halogens is 1. The molecule has 1 aromatic rings. The molecule has 1 atom stereocenters. The first-order valence-electron chi connectivity index (χ1n) is 4.59. The van der Waals surface area contributed by atoms with Crippen LogP contribution in [0.2, 0.25) is 5.02 Å². The first-order valence-corrected chi connectivity index (χ1v) is 4.97. The van der Waals surface area contributed by atoms with Gasteiger partial charge < -0.3 is 9.84 Å².